The second kappa shape index (κ2) is 12.0. The van der Waals surface area contributed by atoms with E-state index in [0.717, 1.165) is 24.5 Å². The molecule has 0 amide bonds. The van der Waals surface area contributed by atoms with E-state index >= 15 is 0 Å². The Bertz CT molecular complexity index is 658. The molecule has 142 valence electrons. The molecule has 2 aromatic rings. The van der Waals surface area contributed by atoms with Gasteiger partial charge in [-0.1, -0.05) is 46.8 Å². The van der Waals surface area contributed by atoms with Gasteiger partial charge in [0.2, 0.25) is 0 Å². The summed E-state index contributed by atoms with van der Waals surface area (Å²) in [6.45, 7) is 12.2. The van der Waals surface area contributed by atoms with Crippen LogP contribution in [0.2, 0.25) is 0 Å². The van der Waals surface area contributed by atoms with Crippen molar-refractivity contribution in [3.63, 3.8) is 0 Å². The van der Waals surface area contributed by atoms with Gasteiger partial charge >= 0.3 is 0 Å². The fourth-order valence-electron chi connectivity index (χ4n) is 1.97. The van der Waals surface area contributed by atoms with Crippen molar-refractivity contribution in [3.8, 4) is 17.6 Å². The number of hydrogen-bond acceptors (Lipinski definition) is 3. The zero-order valence-corrected chi connectivity index (χ0v) is 16.7. The van der Waals surface area contributed by atoms with Crippen molar-refractivity contribution in [1.82, 2.24) is 0 Å². The Balaban J connectivity index is 0.000000483. The van der Waals surface area contributed by atoms with E-state index in [1.165, 1.54) is 5.56 Å². The molecule has 0 aromatic heterocycles. The first-order valence-corrected chi connectivity index (χ1v) is 9.29. The number of rotatable bonds is 7. The number of nitrogens with zero attached hydrogens (tertiary/aromatic N) is 1. The summed E-state index contributed by atoms with van der Waals surface area (Å²) in [5, 5.41) is 8.56. The summed E-state index contributed by atoms with van der Waals surface area (Å²) >= 11 is 0. The molecule has 0 aliphatic heterocycles. The topological polar surface area (TPSA) is 42.2 Å². The fraction of sp³-hybridized carbons (Fsp3) is 0.435. The average Bonchev–Trinajstić information content (AvgIpc) is 2.66. The number of benzene rings is 2. The van der Waals surface area contributed by atoms with Crippen molar-refractivity contribution < 1.29 is 10.9 Å². The monoisotopic (exact) mass is 355 g/mol. The Morgan fingerprint density at radius 1 is 0.808 bits per heavy atom. The lowest BCUT2D eigenvalue weighted by atomic mass is 10.2. The van der Waals surface area contributed by atoms with E-state index in [4.69, 9.17) is 14.7 Å². The normalized spacial score (nSPS) is 10.1. The minimum Gasteiger partial charge on any atom is -0.493 e. The molecule has 3 heteroatoms. The van der Waals surface area contributed by atoms with Crippen LogP contribution in [0.1, 0.15) is 47.2 Å². The van der Waals surface area contributed by atoms with E-state index in [1.54, 1.807) is 12.1 Å². The lowest BCUT2D eigenvalue weighted by molar-refractivity contribution is 0.271. The van der Waals surface area contributed by atoms with Crippen LogP contribution in [-0.4, -0.2) is 13.2 Å². The zero-order chi connectivity index (χ0) is 19.4. The smallest absolute Gasteiger partial charge is 0.119 e. The van der Waals surface area contributed by atoms with Crippen molar-refractivity contribution in [2.45, 2.75) is 41.0 Å². The van der Waals surface area contributed by atoms with Gasteiger partial charge in [-0.2, -0.15) is 5.26 Å². The molecule has 0 radical (unpaired) electrons. The molecule has 0 N–H and O–H groups in total. The highest BCUT2D eigenvalue weighted by molar-refractivity contribution is 5.34. The Morgan fingerprint density at radius 3 is 1.58 bits per heavy atom. The zero-order valence-electron chi connectivity index (χ0n) is 16.7. The second-order valence-corrected chi connectivity index (χ2v) is 7.04. The molecule has 0 spiro atoms. The van der Waals surface area contributed by atoms with Crippen LogP contribution in [-0.2, 0) is 6.42 Å². The number of aryl methyl sites for hydroxylation is 1. The Kier molecular flexibility index (Phi) is 9.94. The highest BCUT2D eigenvalue weighted by Crippen LogP contribution is 2.13. The maximum absolute atomic E-state index is 8.56. The predicted octanol–water partition coefficient (Wildman–Crippen LogP) is 6.12. The molecule has 26 heavy (non-hydrogen) atoms. The van der Waals surface area contributed by atoms with Crippen LogP contribution in [0.3, 0.4) is 0 Å². The van der Waals surface area contributed by atoms with Gasteiger partial charge in [0.15, 0.2) is 0 Å². The van der Waals surface area contributed by atoms with E-state index < -0.39 is 0 Å². The molecular formula is C23H33NO2. The van der Waals surface area contributed by atoms with Gasteiger partial charge in [-0.15, -0.1) is 0 Å². The molecule has 3 nitrogen and oxygen atoms in total. The van der Waals surface area contributed by atoms with Crippen LogP contribution in [0.15, 0.2) is 48.5 Å². The maximum Gasteiger partial charge on any atom is 0.119 e. The van der Waals surface area contributed by atoms with Crippen molar-refractivity contribution in [3.05, 3.63) is 59.7 Å². The molecule has 0 saturated carbocycles. The van der Waals surface area contributed by atoms with Crippen LogP contribution < -0.4 is 9.47 Å². The van der Waals surface area contributed by atoms with E-state index in [-0.39, 0.29) is 1.43 Å². The quantitative estimate of drug-likeness (QED) is 0.600. The van der Waals surface area contributed by atoms with E-state index in [9.17, 15) is 0 Å². The molecule has 0 unspecified atom stereocenters. The van der Waals surface area contributed by atoms with Gasteiger partial charge in [0.1, 0.15) is 11.5 Å². The Morgan fingerprint density at radius 2 is 1.23 bits per heavy atom. The Labute approximate surface area is 160 Å². The summed E-state index contributed by atoms with van der Waals surface area (Å²) in [5.41, 5.74) is 2.02. The SMILES string of the molecule is CC(C)COc1ccc(C#N)cc1.CCc1ccc(OCC(C)C)cc1.[HH]. The highest BCUT2D eigenvalue weighted by atomic mass is 16.5. The largest absolute Gasteiger partial charge is 0.493 e. The molecule has 2 aromatic carbocycles. The van der Waals surface area contributed by atoms with Crippen molar-refractivity contribution in [1.29, 1.82) is 5.26 Å². The summed E-state index contributed by atoms with van der Waals surface area (Å²) in [4.78, 5) is 0. The average molecular weight is 356 g/mol. The fourth-order valence-corrected chi connectivity index (χ4v) is 1.97. The lowest BCUT2D eigenvalue weighted by Gasteiger charge is -2.08. The molecule has 0 fully saturated rings. The minimum atomic E-state index is 0. The van der Waals surface area contributed by atoms with E-state index in [0.29, 0.717) is 24.0 Å². The third-order valence-corrected chi connectivity index (χ3v) is 3.48. The van der Waals surface area contributed by atoms with Gasteiger partial charge in [-0.25, -0.2) is 0 Å². The van der Waals surface area contributed by atoms with Crippen LogP contribution in [0.5, 0.6) is 11.5 Å². The summed E-state index contributed by atoms with van der Waals surface area (Å²) in [6, 6.07) is 17.6. The van der Waals surface area contributed by atoms with Crippen molar-refractivity contribution in [2.75, 3.05) is 13.2 Å². The molecule has 0 bridgehead atoms. The van der Waals surface area contributed by atoms with Gasteiger partial charge in [0.25, 0.3) is 0 Å². The third kappa shape index (κ3) is 9.13. The first kappa shape index (κ1) is 21.6. The minimum absolute atomic E-state index is 0. The molecule has 0 atom stereocenters. The lowest BCUT2D eigenvalue weighted by Crippen LogP contribution is -2.04. The van der Waals surface area contributed by atoms with Gasteiger partial charge < -0.3 is 9.47 Å². The predicted molar refractivity (Wildman–Crippen MR) is 110 cm³/mol. The third-order valence-electron chi connectivity index (χ3n) is 3.48. The number of ether oxygens (including phenoxy) is 2. The summed E-state index contributed by atoms with van der Waals surface area (Å²) in [5.74, 6) is 2.92. The molecule has 0 aliphatic rings. The molecule has 0 aliphatic carbocycles. The number of hydrogen-bond donors (Lipinski definition) is 0. The second-order valence-electron chi connectivity index (χ2n) is 7.04. The van der Waals surface area contributed by atoms with Crippen molar-refractivity contribution in [2.24, 2.45) is 11.8 Å². The Hall–Kier alpha value is -2.47. The van der Waals surface area contributed by atoms with Crippen LogP contribution >= 0.6 is 0 Å². The standard InChI is InChI=1S/C12H18O.C11H13NO.H2/c1-4-11-5-7-12(8-6-11)13-9-10(2)3;1-9(2)8-13-11-5-3-10(7-12)4-6-11;/h5-8,10H,4,9H2,1-3H3;3-6,9H,8H2,1-2H3;1H. The highest BCUT2D eigenvalue weighted by Gasteiger charge is 1.97. The van der Waals surface area contributed by atoms with Crippen LogP contribution in [0, 0.1) is 23.2 Å². The van der Waals surface area contributed by atoms with Gasteiger partial charge in [0, 0.05) is 1.43 Å². The molecule has 2 rings (SSSR count). The number of nitriles is 1. The summed E-state index contributed by atoms with van der Waals surface area (Å²) < 4.78 is 11.0. The molecular weight excluding hydrogens is 322 g/mol. The molecule has 0 heterocycles. The first-order chi connectivity index (χ1) is 12.4. The van der Waals surface area contributed by atoms with E-state index in [1.807, 2.05) is 24.3 Å². The van der Waals surface area contributed by atoms with Crippen LogP contribution in [0.25, 0.3) is 0 Å². The van der Waals surface area contributed by atoms with Gasteiger partial charge in [0.05, 0.1) is 24.8 Å². The van der Waals surface area contributed by atoms with Gasteiger partial charge in [-0.3, -0.25) is 0 Å². The first-order valence-electron chi connectivity index (χ1n) is 9.29. The molecule has 0 saturated heterocycles. The van der Waals surface area contributed by atoms with E-state index in [2.05, 4.69) is 52.8 Å². The maximum atomic E-state index is 8.56. The van der Waals surface area contributed by atoms with Crippen LogP contribution in [0.4, 0.5) is 0 Å². The van der Waals surface area contributed by atoms with Gasteiger partial charge in [-0.05, 0) is 60.2 Å². The summed E-state index contributed by atoms with van der Waals surface area (Å²) in [7, 11) is 0. The van der Waals surface area contributed by atoms with Crippen molar-refractivity contribution >= 4 is 0 Å². The summed E-state index contributed by atoms with van der Waals surface area (Å²) in [6.07, 6.45) is 1.09.